The molecule has 1 aromatic carbocycles. The third kappa shape index (κ3) is 2.89. The molecule has 0 bridgehead atoms. The van der Waals surface area contributed by atoms with E-state index in [0.29, 0.717) is 21.4 Å². The number of hydrogen-bond donors (Lipinski definition) is 1. The van der Waals surface area contributed by atoms with Crippen LogP contribution >= 0.6 is 15.9 Å². The van der Waals surface area contributed by atoms with E-state index in [9.17, 15) is 4.79 Å². The van der Waals surface area contributed by atoms with E-state index in [1.54, 1.807) is 24.3 Å². The Morgan fingerprint density at radius 1 is 1.32 bits per heavy atom. The maximum Gasteiger partial charge on any atom is 0.322 e. The second-order valence-corrected chi connectivity index (χ2v) is 5.10. The van der Waals surface area contributed by atoms with Crippen LogP contribution < -0.4 is 5.32 Å². The van der Waals surface area contributed by atoms with Crippen LogP contribution in [-0.4, -0.2) is 16.1 Å². The predicted octanol–water partition coefficient (Wildman–Crippen LogP) is 3.22. The molecule has 1 amide bonds. The van der Waals surface area contributed by atoms with Gasteiger partial charge in [-0.05, 0) is 30.3 Å². The fourth-order valence-corrected chi connectivity index (χ4v) is 2.22. The molecule has 0 fully saturated rings. The summed E-state index contributed by atoms with van der Waals surface area (Å²) in [5.74, 6) is 0.0990. The molecule has 0 unspecified atom stereocenters. The van der Waals surface area contributed by atoms with Crippen LogP contribution in [0.1, 0.15) is 15.9 Å². The molecule has 0 aliphatic rings. The molecule has 8 heteroatoms. The van der Waals surface area contributed by atoms with Crippen LogP contribution in [0.5, 0.6) is 0 Å². The van der Waals surface area contributed by atoms with Gasteiger partial charge in [-0.25, -0.2) is 0 Å². The van der Waals surface area contributed by atoms with Gasteiger partial charge in [-0.15, -0.1) is 5.10 Å². The fourth-order valence-electron chi connectivity index (χ4n) is 1.73. The molecule has 0 spiro atoms. The minimum Gasteiger partial charge on any atom is -0.459 e. The molecule has 0 aliphatic heterocycles. The molecular formula is C14H7BrN4O3. The van der Waals surface area contributed by atoms with E-state index in [1.807, 2.05) is 6.07 Å². The molecule has 7 nitrogen and oxygen atoms in total. The van der Waals surface area contributed by atoms with Crippen molar-refractivity contribution in [3.05, 3.63) is 52.2 Å². The lowest BCUT2D eigenvalue weighted by molar-refractivity contribution is 0.102. The highest BCUT2D eigenvalue weighted by Gasteiger charge is 2.15. The smallest absolute Gasteiger partial charge is 0.322 e. The zero-order valence-electron chi connectivity index (χ0n) is 10.9. The first-order valence-electron chi connectivity index (χ1n) is 6.05. The van der Waals surface area contributed by atoms with Gasteiger partial charge < -0.3 is 8.83 Å². The average Bonchev–Trinajstić information content (AvgIpc) is 3.17. The number of rotatable bonds is 3. The summed E-state index contributed by atoms with van der Waals surface area (Å²) in [6, 6.07) is 9.91. The number of halogens is 1. The van der Waals surface area contributed by atoms with E-state index in [2.05, 4.69) is 31.4 Å². The average molecular weight is 359 g/mol. The first-order valence-corrected chi connectivity index (χ1v) is 6.84. The summed E-state index contributed by atoms with van der Waals surface area (Å²) in [5.41, 5.74) is 0.657. The van der Waals surface area contributed by atoms with E-state index >= 15 is 0 Å². The zero-order valence-corrected chi connectivity index (χ0v) is 12.5. The number of nitrogens with zero attached hydrogens (tertiary/aromatic N) is 3. The summed E-state index contributed by atoms with van der Waals surface area (Å²) >= 11 is 3.24. The quantitative estimate of drug-likeness (QED) is 0.770. The van der Waals surface area contributed by atoms with Crippen LogP contribution in [0.25, 0.3) is 11.7 Å². The lowest BCUT2D eigenvalue weighted by Gasteiger charge is -2.02. The second kappa shape index (κ2) is 5.83. The second-order valence-electron chi connectivity index (χ2n) is 4.18. The Balaban J connectivity index is 1.80. The van der Waals surface area contributed by atoms with E-state index in [1.165, 1.54) is 12.3 Å². The van der Waals surface area contributed by atoms with Gasteiger partial charge in [0.15, 0.2) is 5.76 Å². The molecule has 3 aromatic rings. The van der Waals surface area contributed by atoms with Gasteiger partial charge in [0.1, 0.15) is 0 Å². The molecule has 22 heavy (non-hydrogen) atoms. The fraction of sp³-hybridized carbons (Fsp3) is 0. The van der Waals surface area contributed by atoms with Crippen LogP contribution in [0.4, 0.5) is 6.01 Å². The van der Waals surface area contributed by atoms with E-state index in [-0.39, 0.29) is 11.9 Å². The van der Waals surface area contributed by atoms with Crippen molar-refractivity contribution in [3.8, 4) is 17.7 Å². The Hall–Kier alpha value is -2.92. The van der Waals surface area contributed by atoms with Gasteiger partial charge in [0.25, 0.3) is 11.8 Å². The van der Waals surface area contributed by atoms with Gasteiger partial charge in [-0.1, -0.05) is 21.0 Å². The van der Waals surface area contributed by atoms with Crippen molar-refractivity contribution in [2.24, 2.45) is 0 Å². The SMILES string of the molecule is N#Cc1cc(Br)cc(C(=O)Nc2nnc(-c3ccco3)o2)c1. The molecule has 108 valence electrons. The van der Waals surface area contributed by atoms with Gasteiger partial charge in [0.05, 0.1) is 17.9 Å². The van der Waals surface area contributed by atoms with E-state index in [4.69, 9.17) is 14.1 Å². The first kappa shape index (κ1) is 14.0. The number of nitrogens with one attached hydrogen (secondary N) is 1. The molecule has 0 radical (unpaired) electrons. The Labute approximate surface area is 132 Å². The van der Waals surface area contributed by atoms with Crippen molar-refractivity contribution in [1.29, 1.82) is 5.26 Å². The largest absolute Gasteiger partial charge is 0.459 e. The molecule has 0 saturated carbocycles. The number of furan rings is 1. The standard InChI is InChI=1S/C14H7BrN4O3/c15-10-5-8(7-16)4-9(6-10)12(20)17-14-19-18-13(22-14)11-2-1-3-21-11/h1-6H,(H,17,19,20). The Morgan fingerprint density at radius 2 is 2.18 bits per heavy atom. The monoisotopic (exact) mass is 358 g/mol. The predicted molar refractivity (Wildman–Crippen MR) is 78.8 cm³/mol. The van der Waals surface area contributed by atoms with Crippen LogP contribution in [0.15, 0.2) is 49.9 Å². The Kier molecular flexibility index (Phi) is 3.72. The molecule has 2 heterocycles. The van der Waals surface area contributed by atoms with Gasteiger partial charge in [0, 0.05) is 10.0 Å². The van der Waals surface area contributed by atoms with Crippen molar-refractivity contribution in [2.75, 3.05) is 5.32 Å². The number of amides is 1. The van der Waals surface area contributed by atoms with Gasteiger partial charge in [0.2, 0.25) is 0 Å². The molecule has 0 atom stereocenters. The molecule has 3 rings (SSSR count). The maximum atomic E-state index is 12.1. The van der Waals surface area contributed by atoms with Crippen molar-refractivity contribution >= 4 is 27.9 Å². The molecule has 0 saturated heterocycles. The van der Waals surface area contributed by atoms with E-state index in [0.717, 1.165) is 0 Å². The lowest BCUT2D eigenvalue weighted by atomic mass is 10.1. The molecule has 1 N–H and O–H groups in total. The maximum absolute atomic E-state index is 12.1. The van der Waals surface area contributed by atoms with Crippen LogP contribution in [0.2, 0.25) is 0 Å². The highest BCUT2D eigenvalue weighted by atomic mass is 79.9. The number of hydrogen-bond acceptors (Lipinski definition) is 6. The van der Waals surface area contributed by atoms with Crippen molar-refractivity contribution in [2.45, 2.75) is 0 Å². The minimum absolute atomic E-state index is 0.0603. The highest BCUT2D eigenvalue weighted by molar-refractivity contribution is 9.10. The van der Waals surface area contributed by atoms with Gasteiger partial charge in [-0.2, -0.15) is 5.26 Å². The minimum atomic E-state index is -0.465. The Morgan fingerprint density at radius 3 is 2.91 bits per heavy atom. The number of aromatic nitrogens is 2. The number of anilines is 1. The van der Waals surface area contributed by atoms with Crippen LogP contribution in [0, 0.1) is 11.3 Å². The Bertz CT molecular complexity index is 865. The number of nitriles is 1. The zero-order chi connectivity index (χ0) is 15.5. The normalized spacial score (nSPS) is 10.2. The third-order valence-corrected chi connectivity index (χ3v) is 3.12. The van der Waals surface area contributed by atoms with Gasteiger partial charge in [-0.3, -0.25) is 10.1 Å². The van der Waals surface area contributed by atoms with Crippen LogP contribution in [0.3, 0.4) is 0 Å². The summed E-state index contributed by atoms with van der Waals surface area (Å²) < 4.78 is 11.0. The summed E-state index contributed by atoms with van der Waals surface area (Å²) in [6.45, 7) is 0. The topological polar surface area (TPSA) is 105 Å². The molecular weight excluding hydrogens is 352 g/mol. The molecule has 2 aromatic heterocycles. The third-order valence-electron chi connectivity index (χ3n) is 2.67. The highest BCUT2D eigenvalue weighted by Crippen LogP contribution is 2.21. The molecule has 0 aliphatic carbocycles. The number of carbonyl (C=O) groups is 1. The summed E-state index contributed by atoms with van der Waals surface area (Å²) in [6.07, 6.45) is 1.47. The van der Waals surface area contributed by atoms with Crippen LogP contribution in [-0.2, 0) is 0 Å². The lowest BCUT2D eigenvalue weighted by Crippen LogP contribution is -2.12. The van der Waals surface area contributed by atoms with Gasteiger partial charge >= 0.3 is 6.01 Å². The first-order chi connectivity index (χ1) is 10.7. The summed E-state index contributed by atoms with van der Waals surface area (Å²) in [7, 11) is 0. The number of carbonyl (C=O) groups excluding carboxylic acids is 1. The number of benzene rings is 1. The van der Waals surface area contributed by atoms with Crippen molar-refractivity contribution in [1.82, 2.24) is 10.2 Å². The van der Waals surface area contributed by atoms with Crippen molar-refractivity contribution < 1.29 is 13.6 Å². The summed E-state index contributed by atoms with van der Waals surface area (Å²) in [4.78, 5) is 12.1. The van der Waals surface area contributed by atoms with Crippen molar-refractivity contribution in [3.63, 3.8) is 0 Å². The summed E-state index contributed by atoms with van der Waals surface area (Å²) in [5, 5.41) is 18.9. The van der Waals surface area contributed by atoms with E-state index < -0.39 is 5.91 Å².